The van der Waals surface area contributed by atoms with Gasteiger partial charge in [-0.05, 0) is 31.4 Å². The first-order valence-electron chi connectivity index (χ1n) is 6.13. The van der Waals surface area contributed by atoms with Crippen LogP contribution in [0, 0.1) is 6.92 Å². The number of benzene rings is 1. The van der Waals surface area contributed by atoms with E-state index in [1.165, 1.54) is 12.8 Å². The van der Waals surface area contributed by atoms with Crippen molar-refractivity contribution in [3.05, 3.63) is 23.3 Å². The van der Waals surface area contributed by atoms with Crippen LogP contribution in [0.25, 0.3) is 0 Å². The first kappa shape index (κ1) is 12.2. The molecule has 17 heavy (non-hydrogen) atoms. The highest BCUT2D eigenvalue weighted by molar-refractivity contribution is 5.53. The molecule has 1 saturated carbocycles. The second kappa shape index (κ2) is 4.57. The van der Waals surface area contributed by atoms with Crippen molar-refractivity contribution >= 4 is 0 Å². The monoisotopic (exact) mass is 235 g/mol. The van der Waals surface area contributed by atoms with Crippen LogP contribution < -0.4 is 15.2 Å². The number of ether oxygens (including phenoxy) is 2. The Bertz CT molecular complexity index is 409. The lowest BCUT2D eigenvalue weighted by molar-refractivity contribution is 0.346. The van der Waals surface area contributed by atoms with Crippen molar-refractivity contribution in [2.24, 2.45) is 5.73 Å². The number of hydrogen-bond acceptors (Lipinski definition) is 3. The Hall–Kier alpha value is -1.22. The van der Waals surface area contributed by atoms with Gasteiger partial charge in [-0.25, -0.2) is 0 Å². The molecule has 3 nitrogen and oxygen atoms in total. The lowest BCUT2D eigenvalue weighted by Gasteiger charge is -2.29. The summed E-state index contributed by atoms with van der Waals surface area (Å²) in [5.41, 5.74) is 8.41. The molecule has 0 saturated heterocycles. The lowest BCUT2D eigenvalue weighted by Crippen LogP contribution is -2.34. The van der Waals surface area contributed by atoms with Crippen molar-refractivity contribution in [3.63, 3.8) is 0 Å². The number of methoxy groups -OCH3 is 2. The zero-order valence-corrected chi connectivity index (χ0v) is 10.9. The van der Waals surface area contributed by atoms with E-state index in [-0.39, 0.29) is 5.54 Å². The molecule has 1 fully saturated rings. The van der Waals surface area contributed by atoms with Crippen LogP contribution in [0.3, 0.4) is 0 Å². The number of aryl methyl sites for hydroxylation is 1. The van der Waals surface area contributed by atoms with E-state index < -0.39 is 0 Å². The minimum atomic E-state index is -0.289. The van der Waals surface area contributed by atoms with Crippen LogP contribution in [-0.2, 0) is 5.54 Å². The molecule has 0 heterocycles. The van der Waals surface area contributed by atoms with Gasteiger partial charge in [-0.15, -0.1) is 0 Å². The summed E-state index contributed by atoms with van der Waals surface area (Å²) in [6, 6.07) is 4.00. The minimum Gasteiger partial charge on any atom is -0.496 e. The summed E-state index contributed by atoms with van der Waals surface area (Å²) < 4.78 is 11.0. The molecule has 3 heteroatoms. The Morgan fingerprint density at radius 2 is 1.76 bits per heavy atom. The fraction of sp³-hybridized carbons (Fsp3) is 0.571. The summed E-state index contributed by atoms with van der Waals surface area (Å²) in [5.74, 6) is 1.73. The quantitative estimate of drug-likeness (QED) is 0.876. The molecule has 0 amide bonds. The molecule has 1 aliphatic rings. The largest absolute Gasteiger partial charge is 0.496 e. The van der Waals surface area contributed by atoms with E-state index in [1.54, 1.807) is 14.2 Å². The van der Waals surface area contributed by atoms with Crippen LogP contribution in [0.2, 0.25) is 0 Å². The summed E-state index contributed by atoms with van der Waals surface area (Å²) in [6.07, 6.45) is 4.36. The van der Waals surface area contributed by atoms with Crippen molar-refractivity contribution in [2.75, 3.05) is 14.2 Å². The fourth-order valence-corrected chi connectivity index (χ4v) is 2.83. The van der Waals surface area contributed by atoms with Crippen LogP contribution in [0.5, 0.6) is 11.5 Å². The van der Waals surface area contributed by atoms with Gasteiger partial charge in [0, 0.05) is 5.54 Å². The summed E-state index contributed by atoms with van der Waals surface area (Å²) in [7, 11) is 3.38. The summed E-state index contributed by atoms with van der Waals surface area (Å²) >= 11 is 0. The molecule has 1 aromatic rings. The predicted molar refractivity (Wildman–Crippen MR) is 68.6 cm³/mol. The Labute approximate surface area is 103 Å². The van der Waals surface area contributed by atoms with E-state index in [2.05, 4.69) is 0 Å². The molecule has 0 radical (unpaired) electrons. The molecule has 0 aliphatic heterocycles. The van der Waals surface area contributed by atoms with Crippen LogP contribution in [0.1, 0.15) is 36.8 Å². The maximum absolute atomic E-state index is 6.54. The third kappa shape index (κ3) is 2.00. The summed E-state index contributed by atoms with van der Waals surface area (Å²) in [4.78, 5) is 0. The highest BCUT2D eigenvalue weighted by Crippen LogP contribution is 2.46. The van der Waals surface area contributed by atoms with Gasteiger partial charge in [0.25, 0.3) is 0 Å². The predicted octanol–water partition coefficient (Wildman–Crippen LogP) is 2.74. The highest BCUT2D eigenvalue weighted by atomic mass is 16.5. The number of rotatable bonds is 3. The molecule has 0 aromatic heterocycles. The van der Waals surface area contributed by atoms with Gasteiger partial charge in [0.15, 0.2) is 0 Å². The average Bonchev–Trinajstić information content (AvgIpc) is 2.76. The summed E-state index contributed by atoms with van der Waals surface area (Å²) in [5, 5.41) is 0. The van der Waals surface area contributed by atoms with Crippen molar-refractivity contribution in [3.8, 4) is 11.5 Å². The Morgan fingerprint density at radius 3 is 2.29 bits per heavy atom. The molecular formula is C14H21NO2. The smallest absolute Gasteiger partial charge is 0.130 e. The van der Waals surface area contributed by atoms with Crippen LogP contribution >= 0.6 is 0 Å². The van der Waals surface area contributed by atoms with Gasteiger partial charge in [-0.1, -0.05) is 18.9 Å². The first-order valence-corrected chi connectivity index (χ1v) is 6.13. The van der Waals surface area contributed by atoms with E-state index in [4.69, 9.17) is 15.2 Å². The second-order valence-electron chi connectivity index (χ2n) is 4.86. The van der Waals surface area contributed by atoms with Gasteiger partial charge in [-0.3, -0.25) is 0 Å². The van der Waals surface area contributed by atoms with Crippen molar-refractivity contribution < 1.29 is 9.47 Å². The van der Waals surface area contributed by atoms with Crippen LogP contribution in [0.15, 0.2) is 12.1 Å². The molecule has 94 valence electrons. The van der Waals surface area contributed by atoms with Crippen molar-refractivity contribution in [2.45, 2.75) is 38.1 Å². The number of nitrogens with two attached hydrogens (primary N) is 1. The zero-order valence-electron chi connectivity index (χ0n) is 10.9. The summed E-state index contributed by atoms with van der Waals surface area (Å²) in [6.45, 7) is 2.04. The highest BCUT2D eigenvalue weighted by Gasteiger charge is 2.37. The van der Waals surface area contributed by atoms with Crippen molar-refractivity contribution in [1.82, 2.24) is 0 Å². The third-order valence-corrected chi connectivity index (χ3v) is 3.73. The Morgan fingerprint density at radius 1 is 1.12 bits per heavy atom. The first-order chi connectivity index (χ1) is 8.12. The molecule has 0 bridgehead atoms. The van der Waals surface area contributed by atoms with Gasteiger partial charge in [0.1, 0.15) is 11.5 Å². The maximum atomic E-state index is 6.54. The molecule has 0 spiro atoms. The van der Waals surface area contributed by atoms with Crippen molar-refractivity contribution in [1.29, 1.82) is 0 Å². The standard InChI is InChI=1S/C14H21NO2/c1-10-6-7-11(16-2)12(13(10)17-3)14(15)8-4-5-9-14/h6-7H,4-5,8-9,15H2,1-3H3. The van der Waals surface area contributed by atoms with Gasteiger partial charge in [0.05, 0.1) is 19.8 Å². The van der Waals surface area contributed by atoms with Crippen LogP contribution in [0.4, 0.5) is 0 Å². The van der Waals surface area contributed by atoms with Gasteiger partial charge < -0.3 is 15.2 Å². The molecule has 0 unspecified atom stereocenters. The van der Waals surface area contributed by atoms with E-state index in [1.807, 2.05) is 19.1 Å². The second-order valence-corrected chi connectivity index (χ2v) is 4.86. The van der Waals surface area contributed by atoms with E-state index >= 15 is 0 Å². The lowest BCUT2D eigenvalue weighted by atomic mass is 9.86. The molecular weight excluding hydrogens is 214 g/mol. The van der Waals surface area contributed by atoms with Gasteiger partial charge >= 0.3 is 0 Å². The maximum Gasteiger partial charge on any atom is 0.130 e. The molecule has 1 aliphatic carbocycles. The Balaban J connectivity index is 2.59. The zero-order chi connectivity index (χ0) is 12.5. The minimum absolute atomic E-state index is 0.289. The SMILES string of the molecule is COc1ccc(C)c(OC)c1C1(N)CCCC1. The topological polar surface area (TPSA) is 44.5 Å². The molecule has 2 rings (SSSR count). The molecule has 1 aromatic carbocycles. The Kier molecular flexibility index (Phi) is 3.29. The fourth-order valence-electron chi connectivity index (χ4n) is 2.83. The van der Waals surface area contributed by atoms with E-state index in [0.29, 0.717) is 0 Å². The average molecular weight is 235 g/mol. The third-order valence-electron chi connectivity index (χ3n) is 3.73. The molecule has 2 N–H and O–H groups in total. The number of hydrogen-bond donors (Lipinski definition) is 1. The van der Waals surface area contributed by atoms with Crippen LogP contribution in [-0.4, -0.2) is 14.2 Å². The van der Waals surface area contributed by atoms with Gasteiger partial charge in [0.2, 0.25) is 0 Å². The molecule has 0 atom stereocenters. The van der Waals surface area contributed by atoms with Gasteiger partial charge in [-0.2, -0.15) is 0 Å². The van der Waals surface area contributed by atoms with E-state index in [9.17, 15) is 0 Å². The normalized spacial score (nSPS) is 18.1. The van der Waals surface area contributed by atoms with E-state index in [0.717, 1.165) is 35.5 Å².